The van der Waals surface area contributed by atoms with Gasteiger partial charge in [0.2, 0.25) is 0 Å². The monoisotopic (exact) mass is 336 g/mol. The summed E-state index contributed by atoms with van der Waals surface area (Å²) in [5.74, 6) is 1.03. The minimum Gasteiger partial charge on any atom is -0.0610 e. The zero-order valence-corrected chi connectivity index (χ0v) is 15.9. The maximum Gasteiger partial charge on any atom is -0.00233 e. The van der Waals surface area contributed by atoms with Crippen LogP contribution in [0.5, 0.6) is 0 Å². The number of rotatable bonds is 2. The molecule has 128 valence electrons. The van der Waals surface area contributed by atoms with Crippen LogP contribution in [0.1, 0.15) is 50.7 Å². The molecule has 5 aromatic rings. The topological polar surface area (TPSA) is 0 Å². The molecule has 0 heterocycles. The highest BCUT2D eigenvalue weighted by Gasteiger charge is 2.17. The molecular weight excluding hydrogens is 312 g/mol. The van der Waals surface area contributed by atoms with Crippen LogP contribution in [0.25, 0.3) is 43.1 Å². The summed E-state index contributed by atoms with van der Waals surface area (Å²) in [6.07, 6.45) is 0. The standard InChI is InChI=1S/C26H24/c1-15(2)19-13-18-11-12-20(16(3)4)26-22-10-6-8-17-7-5-9-21(24(17)22)23(14-19)25(18)26/h5-16H,1-4H3. The lowest BCUT2D eigenvalue weighted by molar-refractivity contribution is 0.869. The van der Waals surface area contributed by atoms with E-state index >= 15 is 0 Å². The molecule has 0 spiro atoms. The van der Waals surface area contributed by atoms with Crippen LogP contribution in [-0.4, -0.2) is 0 Å². The Kier molecular flexibility index (Phi) is 3.28. The zero-order chi connectivity index (χ0) is 18.0. The molecule has 0 aliphatic rings. The Morgan fingerprint density at radius 1 is 0.538 bits per heavy atom. The molecular formula is C26H24. The third-order valence-electron chi connectivity index (χ3n) is 5.93. The van der Waals surface area contributed by atoms with E-state index in [9.17, 15) is 0 Å². The van der Waals surface area contributed by atoms with Gasteiger partial charge in [-0.25, -0.2) is 0 Å². The van der Waals surface area contributed by atoms with Gasteiger partial charge < -0.3 is 0 Å². The Balaban J connectivity index is 2.18. The van der Waals surface area contributed by atoms with Crippen LogP contribution in [0.2, 0.25) is 0 Å². The molecule has 0 unspecified atom stereocenters. The predicted octanol–water partition coefficient (Wildman–Crippen LogP) is 7.98. The van der Waals surface area contributed by atoms with Gasteiger partial charge in [-0.1, -0.05) is 88.4 Å². The molecule has 26 heavy (non-hydrogen) atoms. The quantitative estimate of drug-likeness (QED) is 0.226. The maximum absolute atomic E-state index is 2.44. The largest absolute Gasteiger partial charge is 0.0610 e. The summed E-state index contributed by atoms with van der Waals surface area (Å²) in [6.45, 7) is 9.18. The van der Waals surface area contributed by atoms with Crippen LogP contribution >= 0.6 is 0 Å². The molecule has 5 rings (SSSR count). The van der Waals surface area contributed by atoms with Crippen molar-refractivity contribution in [2.75, 3.05) is 0 Å². The molecule has 0 heteroatoms. The van der Waals surface area contributed by atoms with Crippen molar-refractivity contribution in [1.82, 2.24) is 0 Å². The summed E-state index contributed by atoms with van der Waals surface area (Å²) in [5.41, 5.74) is 2.88. The lowest BCUT2D eigenvalue weighted by atomic mass is 9.83. The number of hydrogen-bond donors (Lipinski definition) is 0. The van der Waals surface area contributed by atoms with Gasteiger partial charge >= 0.3 is 0 Å². The van der Waals surface area contributed by atoms with E-state index in [1.165, 1.54) is 54.2 Å². The first-order chi connectivity index (χ1) is 12.6. The van der Waals surface area contributed by atoms with Crippen molar-refractivity contribution in [2.24, 2.45) is 0 Å². The SMILES string of the molecule is CC(C)c1cc2ccc(C(C)C)c3c4cccc5cccc(c(c1)c23)c54. The number of benzene rings is 5. The fourth-order valence-corrected chi connectivity index (χ4v) is 4.60. The van der Waals surface area contributed by atoms with Crippen molar-refractivity contribution in [1.29, 1.82) is 0 Å². The highest BCUT2D eigenvalue weighted by atomic mass is 14.2. The smallest absolute Gasteiger partial charge is 0.00233 e. The summed E-state index contributed by atoms with van der Waals surface area (Å²) in [5, 5.41) is 11.2. The van der Waals surface area contributed by atoms with Crippen LogP contribution in [0.4, 0.5) is 0 Å². The Bertz CT molecular complexity index is 1270. The van der Waals surface area contributed by atoms with Gasteiger partial charge in [-0.05, 0) is 66.1 Å². The second kappa shape index (κ2) is 5.45. The van der Waals surface area contributed by atoms with Gasteiger partial charge in [0, 0.05) is 0 Å². The van der Waals surface area contributed by atoms with Gasteiger partial charge in [-0.3, -0.25) is 0 Å². The van der Waals surface area contributed by atoms with Gasteiger partial charge in [0.1, 0.15) is 0 Å². The van der Waals surface area contributed by atoms with Crippen molar-refractivity contribution in [3.8, 4) is 0 Å². The van der Waals surface area contributed by atoms with Gasteiger partial charge in [0.05, 0.1) is 0 Å². The Labute approximate surface area is 154 Å². The molecule has 0 aliphatic carbocycles. The van der Waals surface area contributed by atoms with Crippen molar-refractivity contribution >= 4 is 43.1 Å². The van der Waals surface area contributed by atoms with Gasteiger partial charge in [-0.15, -0.1) is 0 Å². The van der Waals surface area contributed by atoms with E-state index < -0.39 is 0 Å². The average molecular weight is 336 g/mol. The molecule has 0 nitrogen and oxygen atoms in total. The average Bonchev–Trinajstić information content (AvgIpc) is 2.64. The van der Waals surface area contributed by atoms with E-state index in [0.717, 1.165) is 0 Å². The second-order valence-corrected chi connectivity index (χ2v) is 8.22. The lowest BCUT2D eigenvalue weighted by Gasteiger charge is -2.20. The summed E-state index contributed by atoms with van der Waals surface area (Å²) < 4.78 is 0. The predicted molar refractivity (Wildman–Crippen MR) is 116 cm³/mol. The molecule has 0 radical (unpaired) electrons. The molecule has 0 saturated heterocycles. The van der Waals surface area contributed by atoms with E-state index in [1.807, 2.05) is 0 Å². The van der Waals surface area contributed by atoms with Crippen LogP contribution < -0.4 is 0 Å². The van der Waals surface area contributed by atoms with Crippen LogP contribution in [0.3, 0.4) is 0 Å². The molecule has 0 fully saturated rings. The molecule has 0 aliphatic heterocycles. The van der Waals surface area contributed by atoms with Crippen molar-refractivity contribution in [3.05, 3.63) is 71.8 Å². The zero-order valence-electron chi connectivity index (χ0n) is 15.9. The van der Waals surface area contributed by atoms with Crippen molar-refractivity contribution < 1.29 is 0 Å². The first-order valence-electron chi connectivity index (χ1n) is 9.69. The van der Waals surface area contributed by atoms with Gasteiger partial charge in [0.25, 0.3) is 0 Å². The van der Waals surface area contributed by atoms with Crippen LogP contribution in [0.15, 0.2) is 60.7 Å². The first-order valence-corrected chi connectivity index (χ1v) is 9.69. The fourth-order valence-electron chi connectivity index (χ4n) is 4.60. The molecule has 0 bridgehead atoms. The minimum atomic E-state index is 0.507. The maximum atomic E-state index is 2.44. The molecule has 0 amide bonds. The number of fused-ring (bicyclic) bond motifs is 2. The third kappa shape index (κ3) is 2.02. The van der Waals surface area contributed by atoms with E-state index in [-0.39, 0.29) is 0 Å². The number of hydrogen-bond acceptors (Lipinski definition) is 0. The summed E-state index contributed by atoms with van der Waals surface area (Å²) in [4.78, 5) is 0. The summed E-state index contributed by atoms with van der Waals surface area (Å²) in [6, 6.07) is 23.0. The van der Waals surface area contributed by atoms with Gasteiger partial charge in [-0.2, -0.15) is 0 Å². The minimum absolute atomic E-state index is 0.507. The summed E-state index contributed by atoms with van der Waals surface area (Å²) in [7, 11) is 0. The lowest BCUT2D eigenvalue weighted by Crippen LogP contribution is -1.96. The van der Waals surface area contributed by atoms with Crippen molar-refractivity contribution in [2.45, 2.75) is 39.5 Å². The van der Waals surface area contributed by atoms with E-state index in [4.69, 9.17) is 0 Å². The molecule has 0 saturated carbocycles. The van der Waals surface area contributed by atoms with E-state index in [0.29, 0.717) is 11.8 Å². The van der Waals surface area contributed by atoms with Gasteiger partial charge in [0.15, 0.2) is 0 Å². The normalized spacial score (nSPS) is 12.5. The fraction of sp³-hybridized carbons (Fsp3) is 0.231. The molecule has 5 aromatic carbocycles. The van der Waals surface area contributed by atoms with E-state index in [2.05, 4.69) is 88.4 Å². The Morgan fingerprint density at radius 2 is 1.27 bits per heavy atom. The molecule has 0 N–H and O–H groups in total. The highest BCUT2D eigenvalue weighted by molar-refractivity contribution is 6.33. The van der Waals surface area contributed by atoms with Crippen molar-refractivity contribution in [3.63, 3.8) is 0 Å². The molecule has 0 atom stereocenters. The van der Waals surface area contributed by atoms with E-state index in [1.54, 1.807) is 0 Å². The highest BCUT2D eigenvalue weighted by Crippen LogP contribution is 2.44. The van der Waals surface area contributed by atoms with Crippen LogP contribution in [-0.2, 0) is 0 Å². The third-order valence-corrected chi connectivity index (χ3v) is 5.93. The van der Waals surface area contributed by atoms with Crippen LogP contribution in [0, 0.1) is 0 Å². The molecule has 0 aromatic heterocycles. The first kappa shape index (κ1) is 15.6. The Hall–Kier alpha value is -2.60. The Morgan fingerprint density at radius 3 is 1.96 bits per heavy atom. The summed E-state index contributed by atoms with van der Waals surface area (Å²) >= 11 is 0. The second-order valence-electron chi connectivity index (χ2n) is 8.22.